The van der Waals surface area contributed by atoms with E-state index in [-0.39, 0.29) is 0 Å². The summed E-state index contributed by atoms with van der Waals surface area (Å²) in [5.74, 6) is 0.874. The zero-order valence-electron chi connectivity index (χ0n) is 28.9. The van der Waals surface area contributed by atoms with Crippen molar-refractivity contribution in [1.82, 2.24) is 14.1 Å². The lowest BCUT2D eigenvalue weighted by atomic mass is 9.93. The van der Waals surface area contributed by atoms with Crippen molar-refractivity contribution in [3.63, 3.8) is 0 Å². The van der Waals surface area contributed by atoms with Gasteiger partial charge in [-0.1, -0.05) is 109 Å². The Balaban J connectivity index is 1.25. The largest absolute Gasteiger partial charge is 0.453 e. The molecule has 12 rings (SSSR count). The maximum Gasteiger partial charge on any atom is 0.159 e. The lowest BCUT2D eigenvalue weighted by molar-refractivity contribution is 0.667. The molecule has 0 saturated heterocycles. The number of hydrogen-bond donors (Lipinski definition) is 0. The van der Waals surface area contributed by atoms with Crippen molar-refractivity contribution < 1.29 is 4.42 Å². The van der Waals surface area contributed by atoms with Crippen LogP contribution in [0.15, 0.2) is 180 Å². The predicted octanol–water partition coefficient (Wildman–Crippen LogP) is 13.7. The van der Waals surface area contributed by atoms with Gasteiger partial charge in [0.25, 0.3) is 0 Å². The number of para-hydroxylation sites is 6. The molecule has 4 heterocycles. The summed E-state index contributed by atoms with van der Waals surface area (Å²) in [7, 11) is 0. The molecule has 0 radical (unpaired) electrons. The molecule has 0 bridgehead atoms. The maximum absolute atomic E-state index is 7.36. The van der Waals surface area contributed by atoms with Crippen LogP contribution in [0.1, 0.15) is 0 Å². The highest BCUT2D eigenvalue weighted by atomic mass is 32.1. The van der Waals surface area contributed by atoms with Crippen LogP contribution in [0.3, 0.4) is 0 Å². The first-order valence-corrected chi connectivity index (χ1v) is 19.0. The van der Waals surface area contributed by atoms with Gasteiger partial charge in [0.1, 0.15) is 11.4 Å². The van der Waals surface area contributed by atoms with E-state index in [0.717, 1.165) is 77.9 Å². The van der Waals surface area contributed by atoms with E-state index in [4.69, 9.17) is 9.40 Å². The molecule has 5 heteroatoms. The average Bonchev–Trinajstić information content (AvgIpc) is 4.00. The molecule has 0 N–H and O–H groups in total. The summed E-state index contributed by atoms with van der Waals surface area (Å²) in [5, 5.41) is 7.08. The summed E-state index contributed by atoms with van der Waals surface area (Å²) in [5.41, 5.74) is 11.3. The Bertz CT molecular complexity index is 3400. The number of furan rings is 1. The van der Waals surface area contributed by atoms with Crippen LogP contribution in [0.2, 0.25) is 0 Å². The van der Waals surface area contributed by atoms with Gasteiger partial charge in [-0.15, -0.1) is 11.3 Å². The van der Waals surface area contributed by atoms with E-state index in [1.165, 1.54) is 30.9 Å². The molecule has 0 aliphatic heterocycles. The molecule has 0 saturated carbocycles. The predicted molar refractivity (Wildman–Crippen MR) is 226 cm³/mol. The number of rotatable bonds is 4. The highest BCUT2D eigenvalue weighted by molar-refractivity contribution is 7.25. The van der Waals surface area contributed by atoms with Crippen LogP contribution in [-0.4, -0.2) is 14.1 Å². The second kappa shape index (κ2) is 11.3. The Hall–Kier alpha value is -6.95. The first-order valence-electron chi connectivity index (χ1n) is 18.2. The van der Waals surface area contributed by atoms with E-state index in [9.17, 15) is 0 Å². The summed E-state index contributed by atoms with van der Waals surface area (Å²) in [6, 6.07) is 62.7. The van der Waals surface area contributed by atoms with Gasteiger partial charge >= 0.3 is 0 Å². The number of imidazole rings is 1. The molecule has 0 atom stereocenters. The van der Waals surface area contributed by atoms with Crippen molar-refractivity contribution in [2.24, 2.45) is 0 Å². The number of hydrogen-bond acceptors (Lipinski definition) is 3. The maximum atomic E-state index is 7.36. The van der Waals surface area contributed by atoms with Crippen LogP contribution in [0.4, 0.5) is 0 Å². The molecule has 0 aliphatic rings. The molecular weight excluding hydrogens is 679 g/mol. The molecule has 12 aromatic rings. The second-order valence-corrected chi connectivity index (χ2v) is 14.9. The first-order chi connectivity index (χ1) is 26.8. The summed E-state index contributed by atoms with van der Waals surface area (Å²) in [6.45, 7) is 0. The van der Waals surface area contributed by atoms with Gasteiger partial charge in [-0.2, -0.15) is 0 Å². The van der Waals surface area contributed by atoms with Crippen LogP contribution < -0.4 is 0 Å². The van der Waals surface area contributed by atoms with Gasteiger partial charge in [-0.05, 0) is 72.3 Å². The third kappa shape index (κ3) is 4.10. The first kappa shape index (κ1) is 29.6. The Labute approximate surface area is 313 Å². The molecule has 0 spiro atoms. The minimum atomic E-state index is 0.852. The van der Waals surface area contributed by atoms with Gasteiger partial charge in [0.15, 0.2) is 5.58 Å². The van der Waals surface area contributed by atoms with Crippen LogP contribution in [-0.2, 0) is 0 Å². The zero-order chi connectivity index (χ0) is 35.3. The molecule has 4 nitrogen and oxygen atoms in total. The fraction of sp³-hybridized carbons (Fsp3) is 0. The van der Waals surface area contributed by atoms with Gasteiger partial charge < -0.3 is 8.98 Å². The van der Waals surface area contributed by atoms with Gasteiger partial charge in [-0.25, -0.2) is 4.98 Å². The molecule has 4 aromatic heterocycles. The van der Waals surface area contributed by atoms with E-state index >= 15 is 0 Å². The minimum Gasteiger partial charge on any atom is -0.453 e. The van der Waals surface area contributed by atoms with E-state index in [1.807, 2.05) is 11.3 Å². The number of nitrogens with zero attached hydrogens (tertiary/aromatic N) is 3. The third-order valence-electron chi connectivity index (χ3n) is 11.0. The monoisotopic (exact) mass is 707 g/mol. The Morgan fingerprint density at radius 1 is 0.426 bits per heavy atom. The topological polar surface area (TPSA) is 35.9 Å². The van der Waals surface area contributed by atoms with Crippen molar-refractivity contribution in [3.05, 3.63) is 176 Å². The fourth-order valence-corrected chi connectivity index (χ4v) is 9.82. The Morgan fingerprint density at radius 2 is 1.06 bits per heavy atom. The molecule has 0 unspecified atom stereocenters. The fourth-order valence-electron chi connectivity index (χ4n) is 8.69. The Morgan fingerprint density at radius 3 is 1.87 bits per heavy atom. The van der Waals surface area contributed by atoms with Crippen molar-refractivity contribution in [1.29, 1.82) is 0 Å². The second-order valence-electron chi connectivity index (χ2n) is 13.9. The van der Waals surface area contributed by atoms with Gasteiger partial charge in [0.2, 0.25) is 0 Å². The SMILES string of the molecule is c1ccc(-n2c(-c3ccc4c(oc5c(-n6c7ccccc7c7ccccc76)cccc54)c3-c3cccc4sc5ccccc5c34)nc3ccccc32)cc1. The highest BCUT2D eigenvalue weighted by Gasteiger charge is 2.26. The highest BCUT2D eigenvalue weighted by Crippen LogP contribution is 2.49. The van der Waals surface area contributed by atoms with E-state index in [0.29, 0.717) is 0 Å². The number of aromatic nitrogens is 3. The van der Waals surface area contributed by atoms with Crippen LogP contribution in [0, 0.1) is 0 Å². The molecule has 0 aliphatic carbocycles. The molecule has 54 heavy (non-hydrogen) atoms. The summed E-state index contributed by atoms with van der Waals surface area (Å²) in [6.07, 6.45) is 0. The quantitative estimate of drug-likeness (QED) is 0.183. The van der Waals surface area contributed by atoms with Crippen molar-refractivity contribution in [2.75, 3.05) is 0 Å². The van der Waals surface area contributed by atoms with Gasteiger partial charge in [-0.3, -0.25) is 4.57 Å². The zero-order valence-corrected chi connectivity index (χ0v) is 29.7. The van der Waals surface area contributed by atoms with E-state index in [1.54, 1.807) is 0 Å². The van der Waals surface area contributed by atoms with Crippen LogP contribution in [0.5, 0.6) is 0 Å². The van der Waals surface area contributed by atoms with Gasteiger partial charge in [0.05, 0.1) is 27.8 Å². The average molecular weight is 708 g/mol. The summed E-state index contributed by atoms with van der Waals surface area (Å²) < 4.78 is 14.5. The number of thiophene rings is 1. The smallest absolute Gasteiger partial charge is 0.159 e. The van der Waals surface area contributed by atoms with Crippen LogP contribution >= 0.6 is 11.3 Å². The molecule has 0 amide bonds. The lowest BCUT2D eigenvalue weighted by Gasteiger charge is -2.15. The molecular formula is C49H29N3OS. The van der Waals surface area contributed by atoms with Gasteiger partial charge in [0, 0.05) is 58.5 Å². The van der Waals surface area contributed by atoms with Crippen molar-refractivity contribution in [3.8, 4) is 33.9 Å². The molecule has 0 fully saturated rings. The normalized spacial score (nSPS) is 12.1. The molecule has 252 valence electrons. The van der Waals surface area contributed by atoms with Crippen LogP contribution in [0.25, 0.3) is 109 Å². The van der Waals surface area contributed by atoms with Crippen molar-refractivity contribution in [2.45, 2.75) is 0 Å². The molecule has 8 aromatic carbocycles. The lowest BCUT2D eigenvalue weighted by Crippen LogP contribution is -1.99. The minimum absolute atomic E-state index is 0.852. The third-order valence-corrected chi connectivity index (χ3v) is 12.1. The van der Waals surface area contributed by atoms with E-state index < -0.39 is 0 Å². The van der Waals surface area contributed by atoms with Crippen molar-refractivity contribution >= 4 is 86.3 Å². The number of fused-ring (bicyclic) bond motifs is 10. The summed E-state index contributed by atoms with van der Waals surface area (Å²) >= 11 is 1.83. The summed E-state index contributed by atoms with van der Waals surface area (Å²) in [4.78, 5) is 5.38. The standard InChI is InChI=1S/C49H29N3OS/c1-2-14-30(15-3-1)51-41-24-10-7-21-38(41)50-49(51)37-29-28-34-33-19-12-25-42(52-39-22-8-4-16-31(39)32-17-5-9-23-40(32)52)47(33)53-48(34)46(37)36-20-13-27-44-45(36)35-18-6-11-26-43(35)54-44/h1-29H. The number of benzene rings is 8. The van der Waals surface area contributed by atoms with E-state index in [2.05, 4.69) is 185 Å². The Kier molecular flexibility index (Phi) is 6.18.